The Kier molecular flexibility index (Phi) is 3.26. The van der Waals surface area contributed by atoms with Crippen LogP contribution in [0.2, 0.25) is 0 Å². The molecule has 2 aliphatic rings. The van der Waals surface area contributed by atoms with Gasteiger partial charge in [-0.3, -0.25) is 19.3 Å². The number of carboxylic acid groups (broad SMARTS) is 1. The lowest BCUT2D eigenvalue weighted by Gasteiger charge is -2.13. The van der Waals surface area contributed by atoms with Gasteiger partial charge in [0.1, 0.15) is 10.9 Å². The van der Waals surface area contributed by atoms with E-state index in [1.54, 1.807) is 24.3 Å². The van der Waals surface area contributed by atoms with Crippen LogP contribution in [0.4, 0.5) is 5.69 Å². The number of nitrogens with zero attached hydrogens (tertiary/aromatic N) is 1. The van der Waals surface area contributed by atoms with E-state index in [9.17, 15) is 14.4 Å². The van der Waals surface area contributed by atoms with Gasteiger partial charge in [0.2, 0.25) is 0 Å². The minimum Gasteiger partial charge on any atom is -0.480 e. The van der Waals surface area contributed by atoms with Gasteiger partial charge in [-0.15, -0.1) is 0 Å². The van der Waals surface area contributed by atoms with Crippen molar-refractivity contribution in [1.29, 1.82) is 0 Å². The van der Waals surface area contributed by atoms with Gasteiger partial charge in [0, 0.05) is 5.56 Å². The highest BCUT2D eigenvalue weighted by Gasteiger charge is 2.39. The third-order valence-corrected chi connectivity index (χ3v) is 4.29. The molecular formula is C13H8N2O4S2. The fourth-order valence-electron chi connectivity index (χ4n) is 2.27. The Morgan fingerprint density at radius 3 is 2.67 bits per heavy atom. The van der Waals surface area contributed by atoms with Crippen LogP contribution in [-0.4, -0.2) is 33.8 Å². The summed E-state index contributed by atoms with van der Waals surface area (Å²) in [5.41, 5.74) is 1.24. The number of carboxylic acids is 1. The molecule has 0 spiro atoms. The van der Waals surface area contributed by atoms with E-state index < -0.39 is 24.3 Å². The zero-order chi connectivity index (χ0) is 15.1. The van der Waals surface area contributed by atoms with Crippen molar-refractivity contribution in [3.05, 3.63) is 34.7 Å². The zero-order valence-electron chi connectivity index (χ0n) is 10.5. The van der Waals surface area contributed by atoms with Gasteiger partial charge >= 0.3 is 5.97 Å². The van der Waals surface area contributed by atoms with Gasteiger partial charge < -0.3 is 10.4 Å². The molecule has 106 valence electrons. The van der Waals surface area contributed by atoms with Crippen LogP contribution >= 0.6 is 24.0 Å². The Morgan fingerprint density at radius 2 is 2.05 bits per heavy atom. The standard InChI is InChI=1S/C13H8N2O4S2/c16-8(17)5-15-7-4-2-1-3-6(7)9(12(15)19)10-11(18)14-13(20)21-10/h1-4H,5H2,(H,16,17)(H,14,18,20). The molecule has 21 heavy (non-hydrogen) atoms. The maximum Gasteiger partial charge on any atom is 0.323 e. The molecule has 3 rings (SSSR count). The van der Waals surface area contributed by atoms with Crippen LogP contribution in [0.3, 0.4) is 0 Å². The van der Waals surface area contributed by atoms with Crippen molar-refractivity contribution in [2.24, 2.45) is 0 Å². The minimum atomic E-state index is -1.12. The summed E-state index contributed by atoms with van der Waals surface area (Å²) < 4.78 is 0.282. The van der Waals surface area contributed by atoms with Gasteiger partial charge in [-0.25, -0.2) is 0 Å². The van der Waals surface area contributed by atoms with Gasteiger partial charge in [-0.1, -0.05) is 42.2 Å². The van der Waals surface area contributed by atoms with Crippen molar-refractivity contribution in [1.82, 2.24) is 5.32 Å². The fraction of sp³-hybridized carbons (Fsp3) is 0.0769. The predicted molar refractivity (Wildman–Crippen MR) is 81.7 cm³/mol. The summed E-state index contributed by atoms with van der Waals surface area (Å²) in [7, 11) is 0. The summed E-state index contributed by atoms with van der Waals surface area (Å²) in [6, 6.07) is 6.78. The number of aliphatic carboxylic acids is 1. The molecule has 1 fully saturated rings. The number of fused-ring (bicyclic) bond motifs is 1. The fourth-order valence-corrected chi connectivity index (χ4v) is 3.39. The van der Waals surface area contributed by atoms with E-state index in [1.165, 1.54) is 0 Å². The molecule has 0 aliphatic carbocycles. The lowest BCUT2D eigenvalue weighted by molar-refractivity contribution is -0.136. The third-order valence-electron chi connectivity index (χ3n) is 3.06. The molecule has 0 atom stereocenters. The Bertz CT molecular complexity index is 741. The Labute approximate surface area is 128 Å². The highest BCUT2D eigenvalue weighted by atomic mass is 32.2. The zero-order valence-corrected chi connectivity index (χ0v) is 12.1. The monoisotopic (exact) mass is 320 g/mol. The second kappa shape index (κ2) is 4.97. The molecule has 2 aliphatic heterocycles. The predicted octanol–water partition coefficient (Wildman–Crippen LogP) is 0.977. The van der Waals surface area contributed by atoms with Gasteiger partial charge in [0.25, 0.3) is 11.8 Å². The normalized spacial score (nSPS) is 20.8. The topological polar surface area (TPSA) is 86.7 Å². The van der Waals surface area contributed by atoms with Crippen LogP contribution in [0.25, 0.3) is 5.57 Å². The molecule has 1 aromatic rings. The molecule has 1 aromatic carbocycles. The lowest BCUT2D eigenvalue weighted by atomic mass is 10.1. The number of hydrogen-bond acceptors (Lipinski definition) is 5. The van der Waals surface area contributed by atoms with Gasteiger partial charge in [0.05, 0.1) is 16.2 Å². The molecule has 2 heterocycles. The number of thioether (sulfide) groups is 1. The van der Waals surface area contributed by atoms with Gasteiger partial charge in [-0.2, -0.15) is 0 Å². The van der Waals surface area contributed by atoms with Crippen molar-refractivity contribution in [3.63, 3.8) is 0 Å². The molecular weight excluding hydrogens is 312 g/mol. The first-order valence-electron chi connectivity index (χ1n) is 5.89. The molecule has 0 unspecified atom stereocenters. The molecule has 1 saturated heterocycles. The summed E-state index contributed by atoms with van der Waals surface area (Å²) in [4.78, 5) is 36.7. The van der Waals surface area contributed by atoms with Crippen LogP contribution in [0.5, 0.6) is 0 Å². The van der Waals surface area contributed by atoms with Crippen molar-refractivity contribution in [3.8, 4) is 0 Å². The molecule has 0 bridgehead atoms. The average Bonchev–Trinajstić information content (AvgIpc) is 2.88. The summed E-state index contributed by atoms with van der Waals surface area (Å²) in [5, 5.41) is 11.4. The van der Waals surface area contributed by atoms with Crippen molar-refractivity contribution in [2.75, 3.05) is 11.4 Å². The number of rotatable bonds is 2. The van der Waals surface area contributed by atoms with E-state index in [0.29, 0.717) is 11.3 Å². The molecule has 8 heteroatoms. The van der Waals surface area contributed by atoms with E-state index in [0.717, 1.165) is 16.7 Å². The van der Waals surface area contributed by atoms with Crippen LogP contribution in [0, 0.1) is 0 Å². The molecule has 2 amide bonds. The van der Waals surface area contributed by atoms with Crippen molar-refractivity contribution < 1.29 is 19.5 Å². The average molecular weight is 320 g/mol. The second-order valence-electron chi connectivity index (χ2n) is 4.35. The quantitative estimate of drug-likeness (QED) is 0.624. The maximum absolute atomic E-state index is 12.5. The van der Waals surface area contributed by atoms with Crippen LogP contribution in [0.15, 0.2) is 29.2 Å². The molecule has 2 N–H and O–H groups in total. The summed E-state index contributed by atoms with van der Waals surface area (Å²) >= 11 is 5.94. The number of carbonyl (C=O) groups is 3. The van der Waals surface area contributed by atoms with Crippen molar-refractivity contribution >= 4 is 57.3 Å². The van der Waals surface area contributed by atoms with E-state index in [4.69, 9.17) is 17.3 Å². The number of para-hydroxylation sites is 1. The summed E-state index contributed by atoms with van der Waals surface area (Å²) in [6.07, 6.45) is 0. The molecule has 6 nitrogen and oxygen atoms in total. The number of nitrogens with one attached hydrogen (secondary N) is 1. The Hall–Kier alpha value is -2.19. The van der Waals surface area contributed by atoms with E-state index in [2.05, 4.69) is 5.32 Å². The first-order chi connectivity index (χ1) is 9.99. The third kappa shape index (κ3) is 2.22. The van der Waals surface area contributed by atoms with Gasteiger partial charge in [-0.05, 0) is 6.07 Å². The van der Waals surface area contributed by atoms with Crippen LogP contribution < -0.4 is 10.2 Å². The van der Waals surface area contributed by atoms with E-state index in [-0.39, 0.29) is 14.8 Å². The Balaban J connectivity index is 2.18. The largest absolute Gasteiger partial charge is 0.480 e. The number of amides is 2. The van der Waals surface area contributed by atoms with Crippen LogP contribution in [-0.2, 0) is 14.4 Å². The molecule has 0 saturated carbocycles. The number of thiocarbonyl (C=S) groups is 1. The number of carbonyl (C=O) groups excluding carboxylic acids is 2. The lowest BCUT2D eigenvalue weighted by Crippen LogP contribution is -2.32. The maximum atomic E-state index is 12.5. The molecule has 0 radical (unpaired) electrons. The second-order valence-corrected chi connectivity index (χ2v) is 6.04. The first kappa shape index (κ1) is 13.8. The van der Waals surface area contributed by atoms with E-state index in [1.807, 2.05) is 0 Å². The summed E-state index contributed by atoms with van der Waals surface area (Å²) in [5.74, 6) is -2.05. The SMILES string of the molecule is O=C(O)CN1C(=O)C(=C2SC(=S)NC2=O)c2ccccc21. The van der Waals surface area contributed by atoms with Gasteiger partial charge in [0.15, 0.2) is 0 Å². The van der Waals surface area contributed by atoms with Crippen LogP contribution in [0.1, 0.15) is 5.56 Å². The number of benzene rings is 1. The highest BCUT2D eigenvalue weighted by molar-refractivity contribution is 8.27. The molecule has 0 aromatic heterocycles. The number of anilines is 1. The van der Waals surface area contributed by atoms with E-state index >= 15 is 0 Å². The minimum absolute atomic E-state index is 0.203. The highest BCUT2D eigenvalue weighted by Crippen LogP contribution is 2.42. The summed E-state index contributed by atoms with van der Waals surface area (Å²) in [6.45, 7) is -0.455. The Morgan fingerprint density at radius 1 is 1.33 bits per heavy atom. The van der Waals surface area contributed by atoms with Crippen molar-refractivity contribution in [2.45, 2.75) is 0 Å². The first-order valence-corrected chi connectivity index (χ1v) is 7.12. The number of hydrogen-bond donors (Lipinski definition) is 2. The smallest absolute Gasteiger partial charge is 0.323 e.